The Labute approximate surface area is 252 Å². The molecule has 3 aromatic carbocycles. The molecule has 5 rings (SSSR count). The smallest absolute Gasteiger partial charge is 0.283 e. The lowest BCUT2D eigenvalue weighted by Gasteiger charge is -2.26. The minimum absolute atomic E-state index is 0.151. The molecule has 1 aliphatic heterocycles. The Bertz CT molecular complexity index is 1620. The number of anilines is 3. The standard InChI is InChI=1S/C31H30ClF2N5O4/c1-20(33)31(40)38-27-16-24-26(17-29(27)42-11-3-8-39-9-12-41-13-10-39)35-19-36-30(24)37-23-6-7-28(25(32)15-23)43-18-21-4-2-5-22(34)14-21/h2,4-7,14-17,19H,1,3,8-13,18H2,(H,38,40)(H,35,36,37). The van der Waals surface area contributed by atoms with Crippen LogP contribution in [-0.2, 0) is 16.1 Å². The molecule has 0 atom stereocenters. The first kappa shape index (κ1) is 30.1. The van der Waals surface area contributed by atoms with Crippen molar-refractivity contribution in [3.05, 3.63) is 89.7 Å². The highest BCUT2D eigenvalue weighted by Crippen LogP contribution is 2.35. The first-order valence-corrected chi connectivity index (χ1v) is 14.0. The fourth-order valence-electron chi connectivity index (χ4n) is 4.51. The fourth-order valence-corrected chi connectivity index (χ4v) is 4.74. The summed E-state index contributed by atoms with van der Waals surface area (Å²) in [6.45, 7) is 7.63. The normalized spacial score (nSPS) is 13.5. The maximum atomic E-state index is 13.6. The maximum Gasteiger partial charge on any atom is 0.283 e. The Kier molecular flexibility index (Phi) is 9.98. The average molecular weight is 610 g/mol. The molecule has 12 heteroatoms. The predicted octanol–water partition coefficient (Wildman–Crippen LogP) is 6.27. The zero-order valence-corrected chi connectivity index (χ0v) is 24.0. The summed E-state index contributed by atoms with van der Waals surface area (Å²) in [7, 11) is 0. The highest BCUT2D eigenvalue weighted by Gasteiger charge is 2.16. The maximum absolute atomic E-state index is 13.6. The number of halogens is 3. The SMILES string of the molecule is C=C(F)C(=O)Nc1cc2c(Nc3ccc(OCc4cccc(F)c4)c(Cl)c3)ncnc2cc1OCCCN1CCOCC1. The van der Waals surface area contributed by atoms with E-state index in [0.29, 0.717) is 64.3 Å². The van der Waals surface area contributed by atoms with E-state index >= 15 is 0 Å². The topological polar surface area (TPSA) is 97.8 Å². The molecule has 2 heterocycles. The molecule has 1 saturated heterocycles. The molecular formula is C31H30ClF2N5O4. The number of aromatic nitrogens is 2. The number of hydrogen-bond acceptors (Lipinski definition) is 8. The summed E-state index contributed by atoms with van der Waals surface area (Å²) in [5.41, 5.74) is 2.07. The van der Waals surface area contributed by atoms with Gasteiger partial charge in [-0.25, -0.2) is 18.7 Å². The van der Waals surface area contributed by atoms with Crippen molar-refractivity contribution in [2.24, 2.45) is 0 Å². The largest absolute Gasteiger partial charge is 0.491 e. The summed E-state index contributed by atoms with van der Waals surface area (Å²) in [5, 5.41) is 6.61. The van der Waals surface area contributed by atoms with Crippen LogP contribution in [0.15, 0.2) is 73.3 Å². The first-order chi connectivity index (χ1) is 20.9. The number of morpholine rings is 1. The van der Waals surface area contributed by atoms with Crippen LogP contribution in [0, 0.1) is 5.82 Å². The molecule has 9 nitrogen and oxygen atoms in total. The summed E-state index contributed by atoms with van der Waals surface area (Å²) >= 11 is 6.47. The number of carbonyl (C=O) groups is 1. The fraction of sp³-hybridized carbons (Fsp3) is 0.258. The lowest BCUT2D eigenvalue weighted by Crippen LogP contribution is -2.37. The average Bonchev–Trinajstić information content (AvgIpc) is 3.00. The second-order valence-electron chi connectivity index (χ2n) is 9.79. The van der Waals surface area contributed by atoms with E-state index in [0.717, 1.165) is 26.1 Å². The number of amides is 1. The Morgan fingerprint density at radius 2 is 1.91 bits per heavy atom. The molecule has 43 heavy (non-hydrogen) atoms. The number of fused-ring (bicyclic) bond motifs is 1. The van der Waals surface area contributed by atoms with Gasteiger partial charge in [0.15, 0.2) is 5.83 Å². The molecule has 0 radical (unpaired) electrons. The van der Waals surface area contributed by atoms with Crippen molar-refractivity contribution in [2.45, 2.75) is 13.0 Å². The number of rotatable bonds is 12. The summed E-state index contributed by atoms with van der Waals surface area (Å²) in [5.74, 6) is -1.26. The Morgan fingerprint density at radius 3 is 2.67 bits per heavy atom. The second kappa shape index (κ2) is 14.2. The van der Waals surface area contributed by atoms with Crippen LogP contribution in [0.25, 0.3) is 10.9 Å². The van der Waals surface area contributed by atoms with Crippen molar-refractivity contribution in [3.63, 3.8) is 0 Å². The molecule has 0 bridgehead atoms. The van der Waals surface area contributed by atoms with Crippen molar-refractivity contribution in [2.75, 3.05) is 50.1 Å². The van der Waals surface area contributed by atoms with E-state index in [2.05, 4.69) is 32.1 Å². The van der Waals surface area contributed by atoms with Gasteiger partial charge in [0.2, 0.25) is 0 Å². The third kappa shape index (κ3) is 8.16. The predicted molar refractivity (Wildman–Crippen MR) is 161 cm³/mol. The minimum atomic E-state index is -1.13. The van der Waals surface area contributed by atoms with Crippen molar-refractivity contribution in [1.29, 1.82) is 0 Å². The zero-order chi connectivity index (χ0) is 30.2. The third-order valence-electron chi connectivity index (χ3n) is 6.69. The Hall–Kier alpha value is -4.32. The molecule has 224 valence electrons. The van der Waals surface area contributed by atoms with Crippen LogP contribution >= 0.6 is 11.6 Å². The van der Waals surface area contributed by atoms with Crippen molar-refractivity contribution >= 4 is 45.6 Å². The number of hydrogen-bond donors (Lipinski definition) is 2. The van der Waals surface area contributed by atoms with Gasteiger partial charge in [-0.3, -0.25) is 9.69 Å². The van der Waals surface area contributed by atoms with Gasteiger partial charge in [0.1, 0.15) is 36.1 Å². The van der Waals surface area contributed by atoms with Crippen molar-refractivity contribution in [3.8, 4) is 11.5 Å². The van der Waals surface area contributed by atoms with Crippen LogP contribution in [0.3, 0.4) is 0 Å². The van der Waals surface area contributed by atoms with E-state index in [1.165, 1.54) is 18.5 Å². The molecule has 1 amide bonds. The van der Waals surface area contributed by atoms with Gasteiger partial charge >= 0.3 is 0 Å². The van der Waals surface area contributed by atoms with E-state index < -0.39 is 11.7 Å². The van der Waals surface area contributed by atoms with Gasteiger partial charge in [0, 0.05) is 36.8 Å². The van der Waals surface area contributed by atoms with Crippen LogP contribution in [0.1, 0.15) is 12.0 Å². The summed E-state index contributed by atoms with van der Waals surface area (Å²) in [6, 6.07) is 14.5. The van der Waals surface area contributed by atoms with Gasteiger partial charge in [-0.15, -0.1) is 0 Å². The Balaban J connectivity index is 1.32. The lowest BCUT2D eigenvalue weighted by atomic mass is 10.1. The molecule has 1 fully saturated rings. The quantitative estimate of drug-likeness (QED) is 0.143. The van der Waals surface area contributed by atoms with Crippen LogP contribution in [0.2, 0.25) is 5.02 Å². The number of benzene rings is 3. The van der Waals surface area contributed by atoms with Gasteiger partial charge in [-0.05, 0) is 48.4 Å². The zero-order valence-electron chi connectivity index (χ0n) is 23.2. The van der Waals surface area contributed by atoms with Crippen LogP contribution < -0.4 is 20.1 Å². The highest BCUT2D eigenvalue weighted by atomic mass is 35.5. The molecule has 1 aromatic heterocycles. The summed E-state index contributed by atoms with van der Waals surface area (Å²) < 4.78 is 44.2. The van der Waals surface area contributed by atoms with Gasteiger partial charge in [-0.1, -0.05) is 30.3 Å². The molecule has 0 aliphatic carbocycles. The molecule has 4 aromatic rings. The van der Waals surface area contributed by atoms with E-state index in [-0.39, 0.29) is 18.1 Å². The van der Waals surface area contributed by atoms with E-state index in [1.54, 1.807) is 42.5 Å². The van der Waals surface area contributed by atoms with Crippen LogP contribution in [0.5, 0.6) is 11.5 Å². The molecule has 0 unspecified atom stereocenters. The molecular weight excluding hydrogens is 580 g/mol. The van der Waals surface area contributed by atoms with Gasteiger partial charge in [0.05, 0.1) is 36.0 Å². The van der Waals surface area contributed by atoms with Crippen LogP contribution in [-0.4, -0.2) is 60.2 Å². The Morgan fingerprint density at radius 1 is 1.07 bits per heavy atom. The molecule has 1 aliphatic rings. The molecule has 2 N–H and O–H groups in total. The van der Waals surface area contributed by atoms with Gasteiger partial charge in [0.25, 0.3) is 5.91 Å². The minimum Gasteiger partial charge on any atom is -0.491 e. The number of ether oxygens (including phenoxy) is 3. The third-order valence-corrected chi connectivity index (χ3v) is 6.98. The van der Waals surface area contributed by atoms with Crippen molar-refractivity contribution < 1.29 is 27.8 Å². The monoisotopic (exact) mass is 609 g/mol. The lowest BCUT2D eigenvalue weighted by molar-refractivity contribution is -0.114. The van der Waals surface area contributed by atoms with E-state index in [4.69, 9.17) is 25.8 Å². The van der Waals surface area contributed by atoms with Crippen LogP contribution in [0.4, 0.5) is 26.0 Å². The van der Waals surface area contributed by atoms with E-state index in [9.17, 15) is 13.6 Å². The summed E-state index contributed by atoms with van der Waals surface area (Å²) in [4.78, 5) is 23.2. The van der Waals surface area contributed by atoms with Crippen molar-refractivity contribution in [1.82, 2.24) is 14.9 Å². The van der Waals surface area contributed by atoms with Gasteiger partial charge in [-0.2, -0.15) is 0 Å². The highest BCUT2D eigenvalue weighted by molar-refractivity contribution is 6.32. The van der Waals surface area contributed by atoms with Gasteiger partial charge < -0.3 is 24.8 Å². The molecule has 0 saturated carbocycles. The first-order valence-electron chi connectivity index (χ1n) is 13.7. The number of nitrogens with one attached hydrogen (secondary N) is 2. The number of nitrogens with zero attached hydrogens (tertiary/aromatic N) is 3. The summed E-state index contributed by atoms with van der Waals surface area (Å²) in [6.07, 6.45) is 2.15. The van der Waals surface area contributed by atoms with E-state index in [1.807, 2.05) is 0 Å². The molecule has 0 spiro atoms. The number of carbonyl (C=O) groups excluding carboxylic acids is 1. The second-order valence-corrected chi connectivity index (χ2v) is 10.2.